The van der Waals surface area contributed by atoms with Crippen molar-refractivity contribution in [2.24, 2.45) is 5.73 Å². The standard InChI is InChI=1S/C14H22N2O3S/c1-11(15)12-7-5-6-10-16(12)20(17,18)14-9-4-3-8-13(14)19-2/h3-4,8-9,11-12H,5-7,10,15H2,1-2H3. The van der Waals surface area contributed by atoms with Crippen LogP contribution >= 0.6 is 0 Å². The van der Waals surface area contributed by atoms with E-state index >= 15 is 0 Å². The maximum absolute atomic E-state index is 12.9. The number of rotatable bonds is 4. The lowest BCUT2D eigenvalue weighted by Crippen LogP contribution is -2.51. The van der Waals surface area contributed by atoms with Crippen LogP contribution in [0.5, 0.6) is 5.75 Å². The lowest BCUT2D eigenvalue weighted by atomic mass is 10.00. The minimum absolute atomic E-state index is 0.140. The average molecular weight is 298 g/mol. The van der Waals surface area contributed by atoms with Gasteiger partial charge in [0.15, 0.2) is 0 Å². The Kier molecular flexibility index (Phi) is 4.67. The van der Waals surface area contributed by atoms with Crippen molar-refractivity contribution >= 4 is 10.0 Å². The minimum atomic E-state index is -3.57. The normalized spacial score (nSPS) is 22.4. The molecule has 1 heterocycles. The third-order valence-electron chi connectivity index (χ3n) is 3.76. The highest BCUT2D eigenvalue weighted by molar-refractivity contribution is 7.89. The molecule has 0 radical (unpaired) electrons. The lowest BCUT2D eigenvalue weighted by Gasteiger charge is -2.37. The molecule has 1 fully saturated rings. The fourth-order valence-electron chi connectivity index (χ4n) is 2.71. The summed E-state index contributed by atoms with van der Waals surface area (Å²) in [5.74, 6) is 0.376. The number of methoxy groups -OCH3 is 1. The van der Waals surface area contributed by atoms with E-state index in [1.165, 1.54) is 7.11 Å². The van der Waals surface area contributed by atoms with E-state index in [1.54, 1.807) is 28.6 Å². The van der Waals surface area contributed by atoms with Crippen LogP contribution in [-0.2, 0) is 10.0 Å². The van der Waals surface area contributed by atoms with Crippen LogP contribution in [0.4, 0.5) is 0 Å². The van der Waals surface area contributed by atoms with Crippen molar-refractivity contribution in [2.75, 3.05) is 13.7 Å². The number of piperidine rings is 1. The smallest absolute Gasteiger partial charge is 0.247 e. The highest BCUT2D eigenvalue weighted by Crippen LogP contribution is 2.31. The molecule has 6 heteroatoms. The third kappa shape index (κ3) is 2.82. The number of nitrogens with two attached hydrogens (primary N) is 1. The molecule has 1 aromatic rings. The van der Waals surface area contributed by atoms with E-state index in [0.29, 0.717) is 12.3 Å². The number of nitrogens with zero attached hydrogens (tertiary/aromatic N) is 1. The number of benzene rings is 1. The quantitative estimate of drug-likeness (QED) is 0.916. The number of sulfonamides is 1. The molecular formula is C14H22N2O3S. The van der Waals surface area contributed by atoms with Gasteiger partial charge in [-0.05, 0) is 31.9 Å². The lowest BCUT2D eigenvalue weighted by molar-refractivity contribution is 0.226. The van der Waals surface area contributed by atoms with Crippen LogP contribution in [0, 0.1) is 0 Å². The van der Waals surface area contributed by atoms with Crippen LogP contribution in [0.2, 0.25) is 0 Å². The molecule has 2 rings (SSSR count). The van der Waals surface area contributed by atoms with Crippen LogP contribution in [0.15, 0.2) is 29.2 Å². The van der Waals surface area contributed by atoms with Crippen molar-refractivity contribution in [3.63, 3.8) is 0 Å². The van der Waals surface area contributed by atoms with E-state index in [1.807, 2.05) is 6.92 Å². The Bertz CT molecular complexity index is 557. The summed E-state index contributed by atoms with van der Waals surface area (Å²) in [7, 11) is -2.09. The van der Waals surface area contributed by atoms with Gasteiger partial charge >= 0.3 is 0 Å². The van der Waals surface area contributed by atoms with Crippen molar-refractivity contribution < 1.29 is 13.2 Å². The molecule has 1 aliphatic rings. The van der Waals surface area contributed by atoms with Crippen LogP contribution in [0.25, 0.3) is 0 Å². The summed E-state index contributed by atoms with van der Waals surface area (Å²) >= 11 is 0. The molecule has 5 nitrogen and oxygen atoms in total. The first-order valence-corrected chi connectivity index (χ1v) is 8.33. The SMILES string of the molecule is COc1ccccc1S(=O)(=O)N1CCCCC1C(C)N. The Balaban J connectivity index is 2.42. The molecule has 0 aromatic heterocycles. The van der Waals surface area contributed by atoms with Gasteiger partial charge in [0.05, 0.1) is 7.11 Å². The summed E-state index contributed by atoms with van der Waals surface area (Å²) in [6, 6.07) is 6.40. The molecule has 20 heavy (non-hydrogen) atoms. The van der Waals surface area contributed by atoms with Gasteiger partial charge in [-0.15, -0.1) is 0 Å². The van der Waals surface area contributed by atoms with E-state index in [9.17, 15) is 8.42 Å². The van der Waals surface area contributed by atoms with Crippen LogP contribution in [0.3, 0.4) is 0 Å². The molecule has 1 aromatic carbocycles. The van der Waals surface area contributed by atoms with Crippen molar-refractivity contribution in [3.05, 3.63) is 24.3 Å². The first-order chi connectivity index (χ1) is 9.48. The summed E-state index contributed by atoms with van der Waals surface area (Å²) in [6.07, 6.45) is 2.70. The molecule has 2 unspecified atom stereocenters. The summed E-state index contributed by atoms with van der Waals surface area (Å²) < 4.78 is 32.5. The predicted molar refractivity (Wildman–Crippen MR) is 78.2 cm³/mol. The topological polar surface area (TPSA) is 72.6 Å². The molecule has 2 N–H and O–H groups in total. The average Bonchev–Trinajstić information content (AvgIpc) is 2.47. The molecule has 0 spiro atoms. The second-order valence-electron chi connectivity index (χ2n) is 5.19. The molecule has 2 atom stereocenters. The number of hydrogen-bond donors (Lipinski definition) is 1. The Labute approximate surface area is 120 Å². The van der Waals surface area contributed by atoms with Crippen LogP contribution < -0.4 is 10.5 Å². The molecule has 112 valence electrons. The van der Waals surface area contributed by atoms with Gasteiger partial charge < -0.3 is 10.5 Å². The Morgan fingerprint density at radius 1 is 1.35 bits per heavy atom. The minimum Gasteiger partial charge on any atom is -0.495 e. The third-order valence-corrected chi connectivity index (χ3v) is 5.72. The molecule has 1 saturated heterocycles. The predicted octanol–water partition coefficient (Wildman–Crippen LogP) is 1.59. The van der Waals surface area contributed by atoms with Gasteiger partial charge in [-0.3, -0.25) is 0 Å². The number of para-hydroxylation sites is 1. The zero-order valence-electron chi connectivity index (χ0n) is 12.0. The second-order valence-corrected chi connectivity index (χ2v) is 7.05. The Morgan fingerprint density at radius 2 is 2.05 bits per heavy atom. The van der Waals surface area contributed by atoms with Crippen molar-refractivity contribution in [1.82, 2.24) is 4.31 Å². The van der Waals surface area contributed by atoms with Gasteiger partial charge in [0.1, 0.15) is 10.6 Å². The molecule has 0 saturated carbocycles. The zero-order valence-corrected chi connectivity index (χ0v) is 12.8. The summed E-state index contributed by atoms with van der Waals surface area (Å²) in [5, 5.41) is 0. The Hall–Kier alpha value is -1.11. The summed E-state index contributed by atoms with van der Waals surface area (Å²) in [5.41, 5.74) is 5.97. The summed E-state index contributed by atoms with van der Waals surface area (Å²) in [6.45, 7) is 2.38. The summed E-state index contributed by atoms with van der Waals surface area (Å²) in [4.78, 5) is 0.218. The van der Waals surface area contributed by atoms with E-state index in [-0.39, 0.29) is 17.0 Å². The van der Waals surface area contributed by atoms with Crippen molar-refractivity contribution in [3.8, 4) is 5.75 Å². The highest BCUT2D eigenvalue weighted by Gasteiger charge is 2.36. The fraction of sp³-hybridized carbons (Fsp3) is 0.571. The van der Waals surface area contributed by atoms with Crippen LogP contribution in [-0.4, -0.2) is 38.5 Å². The van der Waals surface area contributed by atoms with Crippen LogP contribution in [0.1, 0.15) is 26.2 Å². The Morgan fingerprint density at radius 3 is 2.70 bits per heavy atom. The van der Waals surface area contributed by atoms with Gasteiger partial charge in [-0.1, -0.05) is 18.6 Å². The van der Waals surface area contributed by atoms with Crippen molar-refractivity contribution in [2.45, 2.75) is 43.2 Å². The molecule has 1 aliphatic heterocycles. The largest absolute Gasteiger partial charge is 0.495 e. The van der Waals surface area contributed by atoms with Gasteiger partial charge in [0, 0.05) is 18.6 Å². The van der Waals surface area contributed by atoms with Gasteiger partial charge in [-0.25, -0.2) is 8.42 Å². The van der Waals surface area contributed by atoms with Gasteiger partial charge in [-0.2, -0.15) is 4.31 Å². The molecule has 0 bridgehead atoms. The van der Waals surface area contributed by atoms with E-state index in [2.05, 4.69) is 0 Å². The van der Waals surface area contributed by atoms with Crippen molar-refractivity contribution in [1.29, 1.82) is 0 Å². The zero-order chi connectivity index (χ0) is 14.8. The first-order valence-electron chi connectivity index (χ1n) is 6.89. The highest BCUT2D eigenvalue weighted by atomic mass is 32.2. The fourth-order valence-corrected chi connectivity index (χ4v) is 4.64. The number of hydrogen-bond acceptors (Lipinski definition) is 4. The molecule has 0 amide bonds. The number of ether oxygens (including phenoxy) is 1. The van der Waals surface area contributed by atoms with E-state index in [0.717, 1.165) is 19.3 Å². The molecular weight excluding hydrogens is 276 g/mol. The molecule has 0 aliphatic carbocycles. The second kappa shape index (κ2) is 6.11. The van der Waals surface area contributed by atoms with Gasteiger partial charge in [0.2, 0.25) is 10.0 Å². The first kappa shape index (κ1) is 15.3. The maximum Gasteiger partial charge on any atom is 0.247 e. The van der Waals surface area contributed by atoms with E-state index < -0.39 is 10.0 Å². The van der Waals surface area contributed by atoms with Gasteiger partial charge in [0.25, 0.3) is 0 Å². The monoisotopic (exact) mass is 298 g/mol. The maximum atomic E-state index is 12.9. The van der Waals surface area contributed by atoms with E-state index in [4.69, 9.17) is 10.5 Å².